The van der Waals surface area contributed by atoms with Crippen LogP contribution in [0, 0.1) is 5.92 Å². The molecule has 4 heteroatoms. The van der Waals surface area contributed by atoms with Gasteiger partial charge in [-0.05, 0) is 26.7 Å². The second-order valence-corrected chi connectivity index (χ2v) is 4.59. The van der Waals surface area contributed by atoms with Gasteiger partial charge in [-0.2, -0.15) is 0 Å². The van der Waals surface area contributed by atoms with E-state index in [2.05, 4.69) is 24.5 Å². The molecule has 0 fully saturated rings. The molecule has 0 rings (SSSR count). The summed E-state index contributed by atoms with van der Waals surface area (Å²) >= 11 is 0. The average Bonchev–Trinajstić information content (AvgIpc) is 2.22. The maximum Gasteiger partial charge on any atom is 0.236 e. The summed E-state index contributed by atoms with van der Waals surface area (Å²) in [7, 11) is 0. The Labute approximate surface area is 99.1 Å². The standard InChI is InChI=1S/C12H26N2O2/c1-6-16-8-10(4)14-11(5)12(15)13-7-9(2)3/h9-11,14H,6-8H2,1-5H3,(H,13,15). The second kappa shape index (κ2) is 8.53. The van der Waals surface area contributed by atoms with E-state index < -0.39 is 0 Å². The molecule has 2 N–H and O–H groups in total. The number of hydrogen-bond acceptors (Lipinski definition) is 3. The molecule has 0 bridgehead atoms. The molecule has 0 heterocycles. The summed E-state index contributed by atoms with van der Waals surface area (Å²) in [5.74, 6) is 0.536. The molecule has 0 saturated carbocycles. The summed E-state index contributed by atoms with van der Waals surface area (Å²) in [4.78, 5) is 11.6. The van der Waals surface area contributed by atoms with Crippen molar-refractivity contribution < 1.29 is 9.53 Å². The molecule has 2 atom stereocenters. The number of amides is 1. The first-order chi connectivity index (χ1) is 7.47. The zero-order valence-corrected chi connectivity index (χ0v) is 11.2. The van der Waals surface area contributed by atoms with Gasteiger partial charge in [-0.25, -0.2) is 0 Å². The first-order valence-corrected chi connectivity index (χ1v) is 6.08. The van der Waals surface area contributed by atoms with Gasteiger partial charge in [0.1, 0.15) is 0 Å². The molecule has 4 nitrogen and oxygen atoms in total. The molecule has 0 radical (unpaired) electrons. The third-order valence-electron chi connectivity index (χ3n) is 2.18. The minimum atomic E-state index is -0.172. The van der Waals surface area contributed by atoms with E-state index in [1.54, 1.807) is 0 Å². The predicted molar refractivity (Wildman–Crippen MR) is 66.4 cm³/mol. The molecule has 0 aliphatic carbocycles. The largest absolute Gasteiger partial charge is 0.380 e. The van der Waals surface area contributed by atoms with Crippen LogP contribution in [-0.2, 0) is 9.53 Å². The zero-order chi connectivity index (χ0) is 12.6. The van der Waals surface area contributed by atoms with Gasteiger partial charge in [-0.1, -0.05) is 13.8 Å². The van der Waals surface area contributed by atoms with Crippen LogP contribution in [0.1, 0.15) is 34.6 Å². The van der Waals surface area contributed by atoms with Gasteiger partial charge in [0, 0.05) is 19.2 Å². The summed E-state index contributed by atoms with van der Waals surface area (Å²) < 4.78 is 5.28. The van der Waals surface area contributed by atoms with E-state index in [9.17, 15) is 4.79 Å². The highest BCUT2D eigenvalue weighted by molar-refractivity contribution is 5.81. The number of nitrogens with one attached hydrogen (secondary N) is 2. The van der Waals surface area contributed by atoms with Gasteiger partial charge in [-0.3, -0.25) is 4.79 Å². The van der Waals surface area contributed by atoms with E-state index >= 15 is 0 Å². The number of carbonyl (C=O) groups is 1. The molecule has 16 heavy (non-hydrogen) atoms. The van der Waals surface area contributed by atoms with Crippen LogP contribution in [0.5, 0.6) is 0 Å². The molecule has 0 aromatic rings. The number of rotatable bonds is 8. The number of carbonyl (C=O) groups excluding carboxylic acids is 1. The Morgan fingerprint density at radius 1 is 1.25 bits per heavy atom. The van der Waals surface area contributed by atoms with Crippen LogP contribution in [0.15, 0.2) is 0 Å². The Hall–Kier alpha value is -0.610. The van der Waals surface area contributed by atoms with Crippen LogP contribution < -0.4 is 10.6 Å². The van der Waals surface area contributed by atoms with Gasteiger partial charge in [0.2, 0.25) is 5.91 Å². The molecule has 96 valence electrons. The Morgan fingerprint density at radius 3 is 2.38 bits per heavy atom. The van der Waals surface area contributed by atoms with Crippen LogP contribution in [-0.4, -0.2) is 37.7 Å². The van der Waals surface area contributed by atoms with Crippen LogP contribution in [0.3, 0.4) is 0 Å². The highest BCUT2D eigenvalue weighted by atomic mass is 16.5. The third-order valence-corrected chi connectivity index (χ3v) is 2.18. The summed E-state index contributed by atoms with van der Waals surface area (Å²) in [6.45, 7) is 12.1. The Kier molecular flexibility index (Phi) is 8.21. The van der Waals surface area contributed by atoms with E-state index in [0.29, 0.717) is 19.1 Å². The van der Waals surface area contributed by atoms with Crippen molar-refractivity contribution in [3.8, 4) is 0 Å². The van der Waals surface area contributed by atoms with E-state index in [-0.39, 0.29) is 18.0 Å². The minimum absolute atomic E-state index is 0.0528. The van der Waals surface area contributed by atoms with Crippen molar-refractivity contribution in [2.24, 2.45) is 5.92 Å². The van der Waals surface area contributed by atoms with Crippen molar-refractivity contribution in [1.29, 1.82) is 0 Å². The lowest BCUT2D eigenvalue weighted by Crippen LogP contribution is -2.47. The monoisotopic (exact) mass is 230 g/mol. The number of hydrogen-bond donors (Lipinski definition) is 2. The van der Waals surface area contributed by atoms with Gasteiger partial charge in [-0.15, -0.1) is 0 Å². The van der Waals surface area contributed by atoms with Crippen molar-refractivity contribution in [3.05, 3.63) is 0 Å². The van der Waals surface area contributed by atoms with Crippen LogP contribution in [0.4, 0.5) is 0 Å². The Balaban J connectivity index is 3.77. The van der Waals surface area contributed by atoms with Crippen molar-refractivity contribution in [3.63, 3.8) is 0 Å². The van der Waals surface area contributed by atoms with Gasteiger partial charge in [0.25, 0.3) is 0 Å². The Morgan fingerprint density at radius 2 is 1.88 bits per heavy atom. The molecule has 0 aliphatic heterocycles. The molecule has 0 spiro atoms. The molecular weight excluding hydrogens is 204 g/mol. The summed E-state index contributed by atoms with van der Waals surface area (Å²) in [6, 6.07) is 0.0222. The molecule has 0 aromatic carbocycles. The summed E-state index contributed by atoms with van der Waals surface area (Å²) in [6.07, 6.45) is 0. The number of ether oxygens (including phenoxy) is 1. The summed E-state index contributed by atoms with van der Waals surface area (Å²) in [5, 5.41) is 6.10. The smallest absolute Gasteiger partial charge is 0.236 e. The lowest BCUT2D eigenvalue weighted by molar-refractivity contribution is -0.123. The van der Waals surface area contributed by atoms with Crippen molar-refractivity contribution >= 4 is 5.91 Å². The molecule has 0 aliphatic rings. The average molecular weight is 230 g/mol. The molecule has 0 aromatic heterocycles. The van der Waals surface area contributed by atoms with Crippen molar-refractivity contribution in [1.82, 2.24) is 10.6 Å². The third kappa shape index (κ3) is 7.65. The normalized spacial score (nSPS) is 14.9. The molecule has 2 unspecified atom stereocenters. The maximum atomic E-state index is 11.6. The highest BCUT2D eigenvalue weighted by Crippen LogP contribution is 1.92. The van der Waals surface area contributed by atoms with Gasteiger partial charge < -0.3 is 15.4 Å². The molecular formula is C12H26N2O2. The van der Waals surface area contributed by atoms with E-state index in [4.69, 9.17) is 4.74 Å². The Bertz CT molecular complexity index is 195. The predicted octanol–water partition coefficient (Wildman–Crippen LogP) is 1.16. The van der Waals surface area contributed by atoms with Crippen LogP contribution >= 0.6 is 0 Å². The lowest BCUT2D eigenvalue weighted by Gasteiger charge is -2.19. The maximum absolute atomic E-state index is 11.6. The fourth-order valence-corrected chi connectivity index (χ4v) is 1.30. The first kappa shape index (κ1) is 15.4. The van der Waals surface area contributed by atoms with Gasteiger partial charge in [0.15, 0.2) is 0 Å². The first-order valence-electron chi connectivity index (χ1n) is 6.08. The lowest BCUT2D eigenvalue weighted by atomic mass is 10.2. The SMILES string of the molecule is CCOCC(C)NC(C)C(=O)NCC(C)C. The van der Waals surface area contributed by atoms with Gasteiger partial charge >= 0.3 is 0 Å². The van der Waals surface area contributed by atoms with Crippen molar-refractivity contribution in [2.75, 3.05) is 19.8 Å². The van der Waals surface area contributed by atoms with E-state index in [0.717, 1.165) is 6.54 Å². The fourth-order valence-electron chi connectivity index (χ4n) is 1.30. The fraction of sp³-hybridized carbons (Fsp3) is 0.917. The molecule has 1 amide bonds. The summed E-state index contributed by atoms with van der Waals surface area (Å²) in [5.41, 5.74) is 0. The zero-order valence-electron chi connectivity index (χ0n) is 11.2. The van der Waals surface area contributed by atoms with Crippen LogP contribution in [0.25, 0.3) is 0 Å². The van der Waals surface area contributed by atoms with E-state index in [1.807, 2.05) is 20.8 Å². The van der Waals surface area contributed by atoms with Crippen LogP contribution in [0.2, 0.25) is 0 Å². The quantitative estimate of drug-likeness (QED) is 0.658. The molecule has 0 saturated heterocycles. The minimum Gasteiger partial charge on any atom is -0.380 e. The van der Waals surface area contributed by atoms with E-state index in [1.165, 1.54) is 0 Å². The highest BCUT2D eigenvalue weighted by Gasteiger charge is 2.14. The van der Waals surface area contributed by atoms with Gasteiger partial charge in [0.05, 0.1) is 12.6 Å². The van der Waals surface area contributed by atoms with Crippen molar-refractivity contribution in [2.45, 2.75) is 46.7 Å². The topological polar surface area (TPSA) is 50.4 Å². The second-order valence-electron chi connectivity index (χ2n) is 4.59.